The molecule has 0 fully saturated rings. The van der Waals surface area contributed by atoms with Crippen molar-refractivity contribution in [3.8, 4) is 0 Å². The average Bonchev–Trinajstić information content (AvgIpc) is 2.56. The molecule has 0 unspecified atom stereocenters. The van der Waals surface area contributed by atoms with Crippen molar-refractivity contribution in [2.45, 2.75) is 11.3 Å². The molecule has 0 spiro atoms. The predicted molar refractivity (Wildman–Crippen MR) is 95.3 cm³/mol. The summed E-state index contributed by atoms with van der Waals surface area (Å²) in [5.74, 6) is 0.419. The number of halogens is 1. The first kappa shape index (κ1) is 17.4. The van der Waals surface area contributed by atoms with Gasteiger partial charge in [0.15, 0.2) is 0 Å². The van der Waals surface area contributed by atoms with Crippen LogP contribution in [0.4, 0.5) is 5.69 Å². The molecule has 2 aromatic carbocycles. The molecule has 0 aliphatic rings. The second kappa shape index (κ2) is 8.60. The largest absolute Gasteiger partial charge is 0.355 e. The Kier molecular flexibility index (Phi) is 6.50. The van der Waals surface area contributed by atoms with E-state index in [1.54, 1.807) is 43.1 Å². The van der Waals surface area contributed by atoms with Crippen LogP contribution in [-0.2, 0) is 4.79 Å². The van der Waals surface area contributed by atoms with Gasteiger partial charge < -0.3 is 10.6 Å². The van der Waals surface area contributed by atoms with Crippen molar-refractivity contribution in [3.05, 3.63) is 59.1 Å². The highest BCUT2D eigenvalue weighted by atomic mass is 35.5. The SMILES string of the molecule is CNC(=O)c1ccc(NC(=O)CCSc2ccccc2Cl)cc1. The van der Waals surface area contributed by atoms with Gasteiger partial charge in [0, 0.05) is 35.4 Å². The van der Waals surface area contributed by atoms with E-state index in [1.165, 1.54) is 0 Å². The number of thioether (sulfide) groups is 1. The molecule has 2 rings (SSSR count). The van der Waals surface area contributed by atoms with Gasteiger partial charge in [0.05, 0.1) is 5.02 Å². The van der Waals surface area contributed by atoms with E-state index in [9.17, 15) is 9.59 Å². The number of carbonyl (C=O) groups excluding carboxylic acids is 2. The monoisotopic (exact) mass is 348 g/mol. The number of rotatable bonds is 6. The standard InChI is InChI=1S/C17H17ClN2O2S/c1-19-17(22)12-6-8-13(9-7-12)20-16(21)10-11-23-15-5-3-2-4-14(15)18/h2-9H,10-11H2,1H3,(H,19,22)(H,20,21). The van der Waals surface area contributed by atoms with Crippen LogP contribution in [0.1, 0.15) is 16.8 Å². The minimum absolute atomic E-state index is 0.0720. The smallest absolute Gasteiger partial charge is 0.251 e. The third-order valence-electron chi connectivity index (χ3n) is 3.08. The van der Waals surface area contributed by atoms with Crippen molar-refractivity contribution in [2.75, 3.05) is 18.1 Å². The molecule has 4 nitrogen and oxygen atoms in total. The third-order valence-corrected chi connectivity index (χ3v) is 4.60. The van der Waals surface area contributed by atoms with Crippen LogP contribution in [0.3, 0.4) is 0 Å². The van der Waals surface area contributed by atoms with Crippen LogP contribution in [0.2, 0.25) is 5.02 Å². The van der Waals surface area contributed by atoms with Crippen LogP contribution in [0.5, 0.6) is 0 Å². The molecule has 23 heavy (non-hydrogen) atoms. The lowest BCUT2D eigenvalue weighted by atomic mass is 10.2. The Morgan fingerprint density at radius 1 is 1.09 bits per heavy atom. The van der Waals surface area contributed by atoms with Crippen LogP contribution < -0.4 is 10.6 Å². The van der Waals surface area contributed by atoms with Crippen LogP contribution in [-0.4, -0.2) is 24.6 Å². The molecule has 0 radical (unpaired) electrons. The highest BCUT2D eigenvalue weighted by Gasteiger charge is 2.06. The van der Waals surface area contributed by atoms with Gasteiger partial charge in [-0.25, -0.2) is 0 Å². The number of amides is 2. The minimum atomic E-state index is -0.154. The summed E-state index contributed by atoms with van der Waals surface area (Å²) in [6.07, 6.45) is 0.382. The van der Waals surface area contributed by atoms with Crippen molar-refractivity contribution < 1.29 is 9.59 Å². The fourth-order valence-electron chi connectivity index (χ4n) is 1.89. The quantitative estimate of drug-likeness (QED) is 0.780. The van der Waals surface area contributed by atoms with E-state index >= 15 is 0 Å². The average molecular weight is 349 g/mol. The molecule has 0 bridgehead atoms. The molecule has 0 aromatic heterocycles. The zero-order valence-corrected chi connectivity index (χ0v) is 14.2. The molecule has 6 heteroatoms. The van der Waals surface area contributed by atoms with Crippen LogP contribution in [0.25, 0.3) is 0 Å². The van der Waals surface area contributed by atoms with E-state index in [4.69, 9.17) is 11.6 Å². The van der Waals surface area contributed by atoms with Crippen molar-refractivity contribution in [2.24, 2.45) is 0 Å². The summed E-state index contributed by atoms with van der Waals surface area (Å²) in [5.41, 5.74) is 1.23. The van der Waals surface area contributed by atoms with E-state index in [-0.39, 0.29) is 11.8 Å². The van der Waals surface area contributed by atoms with Crippen LogP contribution in [0, 0.1) is 0 Å². The number of carbonyl (C=O) groups is 2. The summed E-state index contributed by atoms with van der Waals surface area (Å²) >= 11 is 7.62. The first-order valence-corrected chi connectivity index (χ1v) is 8.46. The molecule has 0 saturated carbocycles. The summed E-state index contributed by atoms with van der Waals surface area (Å²) in [5, 5.41) is 6.06. The topological polar surface area (TPSA) is 58.2 Å². The normalized spacial score (nSPS) is 10.2. The molecule has 0 aliphatic heterocycles. The molecule has 2 aromatic rings. The van der Waals surface area contributed by atoms with E-state index in [1.807, 2.05) is 24.3 Å². The molecule has 0 heterocycles. The molecule has 0 saturated heterocycles. The second-order valence-electron chi connectivity index (χ2n) is 4.73. The first-order chi connectivity index (χ1) is 11.1. The summed E-state index contributed by atoms with van der Waals surface area (Å²) in [7, 11) is 1.58. The maximum Gasteiger partial charge on any atom is 0.251 e. The van der Waals surface area contributed by atoms with Crippen molar-refractivity contribution in [3.63, 3.8) is 0 Å². The summed E-state index contributed by atoms with van der Waals surface area (Å²) < 4.78 is 0. The van der Waals surface area contributed by atoms with Crippen molar-refractivity contribution in [1.82, 2.24) is 5.32 Å². The summed E-state index contributed by atoms with van der Waals surface area (Å²) in [6.45, 7) is 0. The third kappa shape index (κ3) is 5.30. The Hall–Kier alpha value is -1.98. The fourth-order valence-corrected chi connectivity index (χ4v) is 3.08. The van der Waals surface area contributed by atoms with E-state index < -0.39 is 0 Å². The number of nitrogens with one attached hydrogen (secondary N) is 2. The Morgan fingerprint density at radius 3 is 2.43 bits per heavy atom. The van der Waals surface area contributed by atoms with E-state index in [2.05, 4.69) is 10.6 Å². The Labute approximate surface area is 144 Å². The minimum Gasteiger partial charge on any atom is -0.355 e. The Bertz CT molecular complexity index is 689. The van der Waals surface area contributed by atoms with Gasteiger partial charge in [0.2, 0.25) is 5.91 Å². The molecule has 0 atom stereocenters. The van der Waals surface area contributed by atoms with Gasteiger partial charge in [-0.1, -0.05) is 23.7 Å². The summed E-state index contributed by atoms with van der Waals surface area (Å²) in [4.78, 5) is 24.3. The molecule has 2 N–H and O–H groups in total. The highest BCUT2D eigenvalue weighted by Crippen LogP contribution is 2.27. The zero-order chi connectivity index (χ0) is 16.7. The lowest BCUT2D eigenvalue weighted by Gasteiger charge is -2.07. The molecular formula is C17H17ClN2O2S. The lowest BCUT2D eigenvalue weighted by Crippen LogP contribution is -2.18. The molecule has 2 amide bonds. The van der Waals surface area contributed by atoms with Gasteiger partial charge in [-0.15, -0.1) is 11.8 Å². The molecular weight excluding hydrogens is 332 g/mol. The van der Waals surface area contributed by atoms with Crippen molar-refractivity contribution >= 4 is 40.9 Å². The van der Waals surface area contributed by atoms with E-state index in [0.717, 1.165) is 4.90 Å². The second-order valence-corrected chi connectivity index (χ2v) is 6.28. The van der Waals surface area contributed by atoms with Gasteiger partial charge in [0.25, 0.3) is 5.91 Å². The first-order valence-electron chi connectivity index (χ1n) is 7.09. The van der Waals surface area contributed by atoms with Gasteiger partial charge in [-0.3, -0.25) is 9.59 Å². The van der Waals surface area contributed by atoms with Gasteiger partial charge in [-0.05, 0) is 36.4 Å². The molecule has 120 valence electrons. The number of hydrogen-bond acceptors (Lipinski definition) is 3. The van der Waals surface area contributed by atoms with Crippen LogP contribution in [0.15, 0.2) is 53.4 Å². The van der Waals surface area contributed by atoms with Gasteiger partial charge in [-0.2, -0.15) is 0 Å². The molecule has 0 aliphatic carbocycles. The maximum atomic E-state index is 11.9. The Balaban J connectivity index is 1.81. The zero-order valence-electron chi connectivity index (χ0n) is 12.6. The number of anilines is 1. The van der Waals surface area contributed by atoms with Crippen LogP contribution >= 0.6 is 23.4 Å². The number of hydrogen-bond donors (Lipinski definition) is 2. The fraction of sp³-hybridized carbons (Fsp3) is 0.176. The van der Waals surface area contributed by atoms with E-state index in [0.29, 0.717) is 28.4 Å². The summed E-state index contributed by atoms with van der Waals surface area (Å²) in [6, 6.07) is 14.3. The van der Waals surface area contributed by atoms with Crippen molar-refractivity contribution in [1.29, 1.82) is 0 Å². The highest BCUT2D eigenvalue weighted by molar-refractivity contribution is 7.99. The van der Waals surface area contributed by atoms with Gasteiger partial charge >= 0.3 is 0 Å². The Morgan fingerprint density at radius 2 is 1.78 bits per heavy atom. The lowest BCUT2D eigenvalue weighted by molar-refractivity contribution is -0.115. The van der Waals surface area contributed by atoms with Gasteiger partial charge in [0.1, 0.15) is 0 Å². The predicted octanol–water partition coefficient (Wildman–Crippen LogP) is 3.82. The maximum absolute atomic E-state index is 11.9. The number of benzene rings is 2.